The van der Waals surface area contributed by atoms with Crippen LogP contribution < -0.4 is 4.74 Å². The predicted molar refractivity (Wildman–Crippen MR) is 113 cm³/mol. The number of carbonyl (C=O) groups is 4. The number of aliphatic imine (C=N–C) groups is 1. The minimum Gasteiger partial charge on any atom is -0.497 e. The molecule has 0 bridgehead atoms. The molecule has 1 saturated heterocycles. The smallest absolute Gasteiger partial charge is 0.305 e. The molecule has 11 nitrogen and oxygen atoms in total. The van der Waals surface area contributed by atoms with Crippen LogP contribution in [0.4, 0.5) is 0 Å². The highest BCUT2D eigenvalue weighted by atomic mass is 16.7. The number of methoxy groups -OCH3 is 1. The van der Waals surface area contributed by atoms with Gasteiger partial charge in [0.25, 0.3) is 0 Å². The maximum Gasteiger partial charge on any atom is 0.305 e. The van der Waals surface area contributed by atoms with Gasteiger partial charge in [-0.25, -0.2) is 0 Å². The fourth-order valence-electron chi connectivity index (χ4n) is 3.17. The molecular weight excluding hydrogens is 438 g/mol. The monoisotopic (exact) mass is 465 g/mol. The summed E-state index contributed by atoms with van der Waals surface area (Å²) < 4.78 is 32.0. The van der Waals surface area contributed by atoms with Crippen LogP contribution in [0.2, 0.25) is 0 Å². The number of hydrogen-bond acceptors (Lipinski definition) is 11. The van der Waals surface area contributed by atoms with Crippen molar-refractivity contribution in [3.63, 3.8) is 0 Å². The molecule has 0 aliphatic carbocycles. The number of nitrogens with zero attached hydrogens (tertiary/aromatic N) is 1. The molecule has 1 aromatic carbocycles. The van der Waals surface area contributed by atoms with Crippen molar-refractivity contribution in [3.8, 4) is 5.75 Å². The summed E-state index contributed by atoms with van der Waals surface area (Å²) in [6, 6.07) is 5.84. The van der Waals surface area contributed by atoms with Crippen LogP contribution in [-0.4, -0.2) is 74.5 Å². The van der Waals surface area contributed by atoms with E-state index in [1.807, 2.05) is 0 Å². The minimum absolute atomic E-state index is 0.336. The van der Waals surface area contributed by atoms with Gasteiger partial charge in [-0.15, -0.1) is 0 Å². The van der Waals surface area contributed by atoms with Crippen LogP contribution in [0.1, 0.15) is 33.3 Å². The van der Waals surface area contributed by atoms with Crippen molar-refractivity contribution in [2.75, 3.05) is 13.7 Å². The minimum atomic E-state index is -1.31. The van der Waals surface area contributed by atoms with Crippen molar-refractivity contribution in [1.29, 1.82) is 0 Å². The van der Waals surface area contributed by atoms with Crippen molar-refractivity contribution in [3.05, 3.63) is 29.8 Å². The first-order valence-corrected chi connectivity index (χ1v) is 10.1. The normalized spacial score (nSPS) is 24.6. The lowest BCUT2D eigenvalue weighted by Crippen LogP contribution is -2.61. The number of carbonyl (C=O) groups excluding carboxylic acids is 4. The van der Waals surface area contributed by atoms with E-state index in [1.54, 1.807) is 24.3 Å². The van der Waals surface area contributed by atoms with E-state index in [2.05, 4.69) is 4.99 Å². The van der Waals surface area contributed by atoms with Crippen LogP contribution in [0.5, 0.6) is 5.75 Å². The highest BCUT2D eigenvalue weighted by Crippen LogP contribution is 2.30. The zero-order chi connectivity index (χ0) is 24.5. The van der Waals surface area contributed by atoms with E-state index in [9.17, 15) is 19.2 Å². The van der Waals surface area contributed by atoms with Crippen molar-refractivity contribution in [1.82, 2.24) is 0 Å². The molecule has 0 N–H and O–H groups in total. The molecule has 1 aromatic rings. The average molecular weight is 465 g/mol. The van der Waals surface area contributed by atoms with Crippen molar-refractivity contribution >= 4 is 30.1 Å². The van der Waals surface area contributed by atoms with Gasteiger partial charge in [0.15, 0.2) is 18.2 Å². The standard InChI is InChI=1S/C22H27NO10/c1-12(24)29-11-18-20(30-13(2)25)21(31-14(3)26)19(22(33-18)32-15(4)27)23-10-16-6-8-17(28-5)9-7-16/h6-10,18-22H,11H2,1-5H3/t18-,19-,20-,21+,22+/m0/s1. The SMILES string of the molecule is COc1ccc(C=N[C@@H]2[C@H](OC(C)=O)O[C@@H](COC(C)=O)[C@H](OC(C)=O)[C@@H]2OC(C)=O)cc1. The Kier molecular flexibility index (Phi) is 9.34. The lowest BCUT2D eigenvalue weighted by Gasteiger charge is -2.42. The van der Waals surface area contributed by atoms with Gasteiger partial charge in [0.05, 0.1) is 7.11 Å². The summed E-state index contributed by atoms with van der Waals surface area (Å²) in [5.74, 6) is -2.00. The second-order valence-corrected chi connectivity index (χ2v) is 7.14. The molecule has 33 heavy (non-hydrogen) atoms. The Morgan fingerprint density at radius 1 is 0.879 bits per heavy atom. The van der Waals surface area contributed by atoms with E-state index in [0.717, 1.165) is 0 Å². The molecule has 11 heteroatoms. The van der Waals surface area contributed by atoms with Gasteiger partial charge in [-0.05, 0) is 29.8 Å². The first-order valence-electron chi connectivity index (χ1n) is 10.1. The number of benzene rings is 1. The highest BCUT2D eigenvalue weighted by molar-refractivity contribution is 5.80. The van der Waals surface area contributed by atoms with E-state index in [0.29, 0.717) is 11.3 Å². The molecule has 0 unspecified atom stereocenters. The van der Waals surface area contributed by atoms with E-state index in [4.69, 9.17) is 28.4 Å². The Bertz CT molecular complexity index is 882. The molecule has 1 aliphatic rings. The predicted octanol–water partition coefficient (Wildman–Crippen LogP) is 1.20. The molecule has 1 aliphatic heterocycles. The molecule has 0 radical (unpaired) electrons. The van der Waals surface area contributed by atoms with E-state index >= 15 is 0 Å². The average Bonchev–Trinajstić information content (AvgIpc) is 2.73. The Morgan fingerprint density at radius 3 is 1.97 bits per heavy atom. The zero-order valence-electron chi connectivity index (χ0n) is 19.0. The molecule has 180 valence electrons. The number of esters is 4. The van der Waals surface area contributed by atoms with Gasteiger partial charge in [-0.2, -0.15) is 0 Å². The molecule has 0 spiro atoms. The molecule has 0 saturated carbocycles. The van der Waals surface area contributed by atoms with Crippen molar-refractivity contribution < 1.29 is 47.6 Å². The Labute approximate surface area is 190 Å². The van der Waals surface area contributed by atoms with Crippen LogP contribution in [0.3, 0.4) is 0 Å². The van der Waals surface area contributed by atoms with E-state index in [-0.39, 0.29) is 6.61 Å². The molecule has 2 rings (SSSR count). The van der Waals surface area contributed by atoms with Crippen LogP contribution in [-0.2, 0) is 42.9 Å². The second-order valence-electron chi connectivity index (χ2n) is 7.14. The molecule has 0 amide bonds. The Hall–Kier alpha value is -3.47. The van der Waals surface area contributed by atoms with Crippen LogP contribution >= 0.6 is 0 Å². The van der Waals surface area contributed by atoms with Gasteiger partial charge >= 0.3 is 23.9 Å². The molecule has 5 atom stereocenters. The third kappa shape index (κ3) is 7.86. The summed E-state index contributed by atoms with van der Waals surface area (Å²) in [6.07, 6.45) is -3.31. The Morgan fingerprint density at radius 2 is 1.45 bits per heavy atom. The number of hydrogen-bond donors (Lipinski definition) is 0. The van der Waals surface area contributed by atoms with Gasteiger partial charge in [-0.3, -0.25) is 24.2 Å². The first kappa shape index (κ1) is 25.8. The van der Waals surface area contributed by atoms with Gasteiger partial charge in [0.2, 0.25) is 6.29 Å². The Balaban J connectivity index is 2.45. The molecule has 1 heterocycles. The topological polar surface area (TPSA) is 136 Å². The molecular formula is C22H27NO10. The first-order chi connectivity index (χ1) is 15.6. The summed E-state index contributed by atoms with van der Waals surface area (Å²) in [6.45, 7) is 4.37. The van der Waals surface area contributed by atoms with E-state index < -0.39 is 54.5 Å². The summed E-state index contributed by atoms with van der Waals surface area (Å²) >= 11 is 0. The largest absolute Gasteiger partial charge is 0.497 e. The maximum absolute atomic E-state index is 11.9. The molecule has 0 aromatic heterocycles. The number of ether oxygens (including phenoxy) is 6. The zero-order valence-corrected chi connectivity index (χ0v) is 19.0. The second kappa shape index (κ2) is 12.0. The van der Waals surface area contributed by atoms with E-state index in [1.165, 1.54) is 41.0 Å². The fourth-order valence-corrected chi connectivity index (χ4v) is 3.17. The summed E-state index contributed by atoms with van der Waals surface area (Å²) in [7, 11) is 1.54. The van der Waals surface area contributed by atoms with Gasteiger partial charge in [-0.1, -0.05) is 0 Å². The summed E-state index contributed by atoms with van der Waals surface area (Å²) in [4.78, 5) is 51.1. The third-order valence-corrected chi connectivity index (χ3v) is 4.46. The summed E-state index contributed by atoms with van der Waals surface area (Å²) in [5, 5.41) is 0. The van der Waals surface area contributed by atoms with Gasteiger partial charge < -0.3 is 28.4 Å². The van der Waals surface area contributed by atoms with Gasteiger partial charge in [0, 0.05) is 33.9 Å². The lowest BCUT2D eigenvalue weighted by molar-refractivity contribution is -0.266. The van der Waals surface area contributed by atoms with Crippen LogP contribution in [0, 0.1) is 0 Å². The fraction of sp³-hybridized carbons (Fsp3) is 0.500. The van der Waals surface area contributed by atoms with Crippen molar-refractivity contribution in [2.45, 2.75) is 58.3 Å². The van der Waals surface area contributed by atoms with Gasteiger partial charge in [0.1, 0.15) is 18.5 Å². The maximum atomic E-state index is 11.9. The molecule has 1 fully saturated rings. The quantitative estimate of drug-likeness (QED) is 0.313. The number of rotatable bonds is 8. The summed E-state index contributed by atoms with van der Waals surface area (Å²) in [5.41, 5.74) is 0.671. The van der Waals surface area contributed by atoms with Crippen LogP contribution in [0.15, 0.2) is 29.3 Å². The highest BCUT2D eigenvalue weighted by Gasteiger charge is 2.51. The third-order valence-electron chi connectivity index (χ3n) is 4.46. The lowest BCUT2D eigenvalue weighted by atomic mass is 9.96. The van der Waals surface area contributed by atoms with Crippen LogP contribution in [0.25, 0.3) is 0 Å². The van der Waals surface area contributed by atoms with Crippen molar-refractivity contribution in [2.24, 2.45) is 4.99 Å².